The third-order valence-corrected chi connectivity index (χ3v) is 5.81. The normalized spacial score (nSPS) is 12.4. The summed E-state index contributed by atoms with van der Waals surface area (Å²) in [5.41, 5.74) is 6.18. The molecule has 3 aromatic rings. The molecule has 31 heavy (non-hydrogen) atoms. The van der Waals surface area contributed by atoms with Gasteiger partial charge in [0.15, 0.2) is 5.65 Å². The Balaban J connectivity index is 2.12. The number of ether oxygens (including phenoxy) is 1. The molecule has 166 valence electrons. The number of carbonyl (C=O) groups excluding carboxylic acids is 1. The summed E-state index contributed by atoms with van der Waals surface area (Å²) in [6, 6.07) is 4.18. The molecule has 1 unspecified atom stereocenters. The van der Waals surface area contributed by atoms with Gasteiger partial charge < -0.3 is 14.2 Å². The van der Waals surface area contributed by atoms with Gasteiger partial charge in [-0.25, -0.2) is 15.0 Å². The van der Waals surface area contributed by atoms with Crippen molar-refractivity contribution in [2.75, 3.05) is 20.7 Å². The minimum Gasteiger partial charge on any atom is -0.480 e. The first-order chi connectivity index (χ1) is 14.7. The zero-order chi connectivity index (χ0) is 22.9. The molecule has 3 aromatic heterocycles. The third kappa shape index (κ3) is 4.40. The second-order valence-corrected chi connectivity index (χ2v) is 8.46. The Labute approximate surface area is 184 Å². The summed E-state index contributed by atoms with van der Waals surface area (Å²) >= 11 is 0. The largest absolute Gasteiger partial charge is 0.480 e. The van der Waals surface area contributed by atoms with Crippen molar-refractivity contribution >= 4 is 17.1 Å². The Kier molecular flexibility index (Phi) is 6.62. The summed E-state index contributed by atoms with van der Waals surface area (Å²) < 4.78 is 7.75. The van der Waals surface area contributed by atoms with Crippen LogP contribution in [0.15, 0.2) is 18.3 Å². The molecule has 0 aromatic carbocycles. The monoisotopic (exact) mass is 423 g/mol. The zero-order valence-corrected chi connectivity index (χ0v) is 19.9. The number of aryl methyl sites for hydroxylation is 2. The van der Waals surface area contributed by atoms with Crippen molar-refractivity contribution in [1.82, 2.24) is 24.4 Å². The van der Waals surface area contributed by atoms with Crippen molar-refractivity contribution < 1.29 is 9.53 Å². The van der Waals surface area contributed by atoms with Gasteiger partial charge in [-0.3, -0.25) is 4.79 Å². The number of carbonyl (C=O) groups is 1. The zero-order valence-electron chi connectivity index (χ0n) is 19.9. The maximum Gasteiger partial charge on any atom is 0.222 e. The molecule has 0 saturated carbocycles. The van der Waals surface area contributed by atoms with E-state index in [9.17, 15) is 4.79 Å². The lowest BCUT2D eigenvalue weighted by Gasteiger charge is -2.24. The van der Waals surface area contributed by atoms with Crippen LogP contribution in [0.3, 0.4) is 0 Å². The van der Waals surface area contributed by atoms with Crippen molar-refractivity contribution in [2.45, 2.75) is 59.9 Å². The molecule has 0 saturated heterocycles. The average Bonchev–Trinajstić information content (AvgIpc) is 3.05. The molecule has 0 radical (unpaired) electrons. The number of rotatable bonds is 7. The van der Waals surface area contributed by atoms with Crippen LogP contribution < -0.4 is 4.74 Å². The van der Waals surface area contributed by atoms with Gasteiger partial charge in [0.2, 0.25) is 11.8 Å². The maximum absolute atomic E-state index is 11.7. The van der Waals surface area contributed by atoms with Crippen molar-refractivity contribution in [3.8, 4) is 17.1 Å². The number of amides is 1. The van der Waals surface area contributed by atoms with Crippen LogP contribution in [0, 0.1) is 13.8 Å². The summed E-state index contributed by atoms with van der Waals surface area (Å²) in [4.78, 5) is 28.1. The van der Waals surface area contributed by atoms with Gasteiger partial charge in [0, 0.05) is 32.4 Å². The van der Waals surface area contributed by atoms with Crippen LogP contribution in [-0.2, 0) is 4.79 Å². The van der Waals surface area contributed by atoms with E-state index in [2.05, 4.69) is 36.5 Å². The minimum atomic E-state index is 0.0561. The maximum atomic E-state index is 11.7. The Morgan fingerprint density at radius 2 is 1.90 bits per heavy atom. The summed E-state index contributed by atoms with van der Waals surface area (Å²) in [6.45, 7) is 12.6. The molecule has 0 fully saturated rings. The fraction of sp³-hybridized carbons (Fsp3) is 0.500. The molecule has 1 atom stereocenters. The lowest BCUT2D eigenvalue weighted by molar-refractivity contribution is -0.128. The first-order valence-corrected chi connectivity index (χ1v) is 10.8. The van der Waals surface area contributed by atoms with E-state index >= 15 is 0 Å². The van der Waals surface area contributed by atoms with Gasteiger partial charge in [0.05, 0.1) is 30.1 Å². The van der Waals surface area contributed by atoms with E-state index in [1.54, 1.807) is 18.9 Å². The van der Waals surface area contributed by atoms with Crippen molar-refractivity contribution in [3.63, 3.8) is 0 Å². The Hall–Kier alpha value is -2.96. The highest BCUT2D eigenvalue weighted by atomic mass is 16.5. The third-order valence-electron chi connectivity index (χ3n) is 5.81. The Morgan fingerprint density at radius 1 is 1.19 bits per heavy atom. The van der Waals surface area contributed by atoms with Crippen molar-refractivity contribution in [3.05, 3.63) is 35.3 Å². The van der Waals surface area contributed by atoms with Crippen molar-refractivity contribution in [2.24, 2.45) is 0 Å². The quantitative estimate of drug-likeness (QED) is 0.552. The number of likely N-dealkylation sites (N-methyl/N-ethyl adjacent to an activating group) is 1. The molecule has 3 heterocycles. The molecular weight excluding hydrogens is 390 g/mol. The molecule has 3 rings (SSSR count). The number of pyridine rings is 1. The molecule has 1 amide bonds. The number of nitrogens with zero attached hydrogens (tertiary/aromatic N) is 5. The fourth-order valence-corrected chi connectivity index (χ4v) is 3.79. The van der Waals surface area contributed by atoms with Crippen LogP contribution in [0.5, 0.6) is 5.88 Å². The second kappa shape index (κ2) is 9.04. The van der Waals surface area contributed by atoms with E-state index in [4.69, 9.17) is 14.7 Å². The molecular formula is C24H33N5O2. The van der Waals surface area contributed by atoms with Gasteiger partial charge in [0.1, 0.15) is 5.52 Å². The number of aromatic nitrogens is 4. The highest BCUT2D eigenvalue weighted by Gasteiger charge is 2.21. The Bertz CT molecular complexity index is 1100. The first kappa shape index (κ1) is 22.7. The van der Waals surface area contributed by atoms with Crippen LogP contribution in [0.25, 0.3) is 22.4 Å². The topological polar surface area (TPSA) is 73.1 Å². The van der Waals surface area contributed by atoms with Crippen LogP contribution in [0.2, 0.25) is 0 Å². The summed E-state index contributed by atoms with van der Waals surface area (Å²) in [6.07, 6.45) is 2.98. The van der Waals surface area contributed by atoms with E-state index in [0.717, 1.165) is 45.8 Å². The summed E-state index contributed by atoms with van der Waals surface area (Å²) in [7, 11) is 3.47. The van der Waals surface area contributed by atoms with Gasteiger partial charge in [-0.05, 0) is 43.9 Å². The Morgan fingerprint density at radius 3 is 2.48 bits per heavy atom. The minimum absolute atomic E-state index is 0.0561. The molecule has 7 nitrogen and oxygen atoms in total. The summed E-state index contributed by atoms with van der Waals surface area (Å²) in [5, 5.41) is 0. The molecule has 0 N–H and O–H groups in total. The predicted octanol–water partition coefficient (Wildman–Crippen LogP) is 4.67. The molecule has 0 bridgehead atoms. The van der Waals surface area contributed by atoms with E-state index < -0.39 is 0 Å². The SMILES string of the molecule is CCC(CN(C)C(C)=O)n1cc(C)c2nc(-c3ccc(C(C)C)nc3OC)c(C)nc21. The molecule has 0 aliphatic carbocycles. The van der Waals surface area contributed by atoms with Crippen LogP contribution in [-0.4, -0.2) is 51.0 Å². The van der Waals surface area contributed by atoms with Gasteiger partial charge in [0.25, 0.3) is 0 Å². The molecule has 0 spiro atoms. The average molecular weight is 424 g/mol. The number of hydrogen-bond acceptors (Lipinski definition) is 5. The van der Waals surface area contributed by atoms with Gasteiger partial charge >= 0.3 is 0 Å². The first-order valence-electron chi connectivity index (χ1n) is 10.8. The number of hydrogen-bond donors (Lipinski definition) is 0. The van der Waals surface area contributed by atoms with Gasteiger partial charge in [-0.1, -0.05) is 20.8 Å². The van der Waals surface area contributed by atoms with Crippen LogP contribution >= 0.6 is 0 Å². The highest BCUT2D eigenvalue weighted by molar-refractivity contribution is 5.81. The lowest BCUT2D eigenvalue weighted by atomic mass is 10.1. The standard InChI is InChI=1S/C24H33N5O2/c1-9-18(13-28(7)17(6)30)29-12-15(4)21-23(29)25-16(5)22(27-21)19-10-11-20(14(2)3)26-24(19)31-8/h10-12,14,18H,9,13H2,1-8H3. The molecule has 0 aliphatic rings. The number of fused-ring (bicyclic) bond motifs is 1. The smallest absolute Gasteiger partial charge is 0.222 e. The second-order valence-electron chi connectivity index (χ2n) is 8.46. The predicted molar refractivity (Wildman–Crippen MR) is 124 cm³/mol. The van der Waals surface area contributed by atoms with E-state index in [0.29, 0.717) is 18.3 Å². The van der Waals surface area contributed by atoms with Crippen LogP contribution in [0.1, 0.15) is 63.0 Å². The van der Waals surface area contributed by atoms with E-state index in [1.165, 1.54) is 0 Å². The molecule has 0 aliphatic heterocycles. The van der Waals surface area contributed by atoms with Crippen LogP contribution in [0.4, 0.5) is 0 Å². The fourth-order valence-electron chi connectivity index (χ4n) is 3.79. The number of methoxy groups -OCH3 is 1. The van der Waals surface area contributed by atoms with E-state index in [-0.39, 0.29) is 11.9 Å². The summed E-state index contributed by atoms with van der Waals surface area (Å²) in [5.74, 6) is 0.933. The highest BCUT2D eigenvalue weighted by Crippen LogP contribution is 2.33. The lowest BCUT2D eigenvalue weighted by Crippen LogP contribution is -2.31. The van der Waals surface area contributed by atoms with E-state index in [1.807, 2.05) is 33.0 Å². The molecule has 7 heteroatoms. The van der Waals surface area contributed by atoms with Gasteiger partial charge in [-0.2, -0.15) is 0 Å². The van der Waals surface area contributed by atoms with Gasteiger partial charge in [-0.15, -0.1) is 0 Å². The van der Waals surface area contributed by atoms with Crippen molar-refractivity contribution in [1.29, 1.82) is 0 Å².